The van der Waals surface area contributed by atoms with E-state index < -0.39 is 0 Å². The van der Waals surface area contributed by atoms with Crippen LogP contribution in [0, 0.1) is 0 Å². The molecule has 0 rings (SSSR count). The molecule has 0 atom stereocenters. The lowest BCUT2D eigenvalue weighted by molar-refractivity contribution is 0.961. The van der Waals surface area contributed by atoms with Crippen LogP contribution in [0.15, 0.2) is 38.0 Å². The maximum atomic E-state index is 3.55. The highest BCUT2D eigenvalue weighted by Crippen LogP contribution is 1.82. The number of unbranched alkanes of at least 4 members (excludes halogenated alkanes) is 2. The molecule has 0 heterocycles. The molecular formula is C14H28. The third kappa shape index (κ3) is 65.8. The molecule has 0 heteroatoms. The van der Waals surface area contributed by atoms with Crippen molar-refractivity contribution in [2.24, 2.45) is 0 Å². The summed E-state index contributed by atoms with van der Waals surface area (Å²) in [6.07, 6.45) is 11.6. The first-order chi connectivity index (χ1) is 6.74. The maximum absolute atomic E-state index is 3.55. The van der Waals surface area contributed by atoms with Gasteiger partial charge in [-0.15, -0.1) is 19.7 Å². The SMILES string of the molecule is C=CCC.C=CCCC.C=CCCC. The Morgan fingerprint density at radius 3 is 1.00 bits per heavy atom. The second-order valence-electron chi connectivity index (χ2n) is 2.85. The molecule has 14 heavy (non-hydrogen) atoms. The monoisotopic (exact) mass is 196 g/mol. The standard InChI is InChI=1S/2C5H10.C4H8/c2*1-3-5-4-2;1-3-4-2/h2*3H,1,4-5H2,2H3;3H,1,4H2,2H3. The van der Waals surface area contributed by atoms with Crippen LogP contribution in [-0.4, -0.2) is 0 Å². The predicted octanol–water partition coefficient (Wildman–Crippen LogP) is 5.53. The zero-order chi connectivity index (χ0) is 11.7. The van der Waals surface area contributed by atoms with Crippen molar-refractivity contribution >= 4 is 0 Å². The van der Waals surface area contributed by atoms with E-state index in [0.717, 1.165) is 19.3 Å². The molecule has 0 aliphatic heterocycles. The predicted molar refractivity (Wildman–Crippen MR) is 70.7 cm³/mol. The molecule has 0 bridgehead atoms. The average Bonchev–Trinajstić information content (AvgIpc) is 2.22. The highest BCUT2D eigenvalue weighted by atomic mass is 13.7. The maximum Gasteiger partial charge on any atom is -0.0356 e. The third-order valence-electron chi connectivity index (χ3n) is 1.27. The third-order valence-corrected chi connectivity index (χ3v) is 1.27. The molecule has 0 saturated heterocycles. The lowest BCUT2D eigenvalue weighted by Gasteiger charge is -1.72. The van der Waals surface area contributed by atoms with Gasteiger partial charge in [0.05, 0.1) is 0 Å². The molecule has 0 N–H and O–H groups in total. The van der Waals surface area contributed by atoms with Crippen LogP contribution in [0.5, 0.6) is 0 Å². The van der Waals surface area contributed by atoms with Crippen LogP contribution in [-0.2, 0) is 0 Å². The molecule has 0 amide bonds. The topological polar surface area (TPSA) is 0 Å². The van der Waals surface area contributed by atoms with Crippen LogP contribution in [0.3, 0.4) is 0 Å². The van der Waals surface area contributed by atoms with Gasteiger partial charge in [0, 0.05) is 0 Å². The van der Waals surface area contributed by atoms with E-state index in [1.54, 1.807) is 0 Å². The van der Waals surface area contributed by atoms with Gasteiger partial charge in [0.1, 0.15) is 0 Å². The van der Waals surface area contributed by atoms with Gasteiger partial charge in [0.25, 0.3) is 0 Å². The van der Waals surface area contributed by atoms with Crippen molar-refractivity contribution in [1.29, 1.82) is 0 Å². The molecule has 0 fully saturated rings. The lowest BCUT2D eigenvalue weighted by atomic mass is 10.3. The Morgan fingerprint density at radius 1 is 0.714 bits per heavy atom. The second-order valence-corrected chi connectivity index (χ2v) is 2.85. The van der Waals surface area contributed by atoms with E-state index in [4.69, 9.17) is 0 Å². The fraction of sp³-hybridized carbons (Fsp3) is 0.571. The van der Waals surface area contributed by atoms with E-state index in [-0.39, 0.29) is 0 Å². The van der Waals surface area contributed by atoms with E-state index in [9.17, 15) is 0 Å². The van der Waals surface area contributed by atoms with E-state index >= 15 is 0 Å². The molecule has 0 aromatic carbocycles. The Bertz CT molecular complexity index is 90.6. The van der Waals surface area contributed by atoms with Gasteiger partial charge in [0.2, 0.25) is 0 Å². The summed E-state index contributed by atoms with van der Waals surface area (Å²) in [5.74, 6) is 0. The van der Waals surface area contributed by atoms with E-state index in [0.29, 0.717) is 0 Å². The minimum atomic E-state index is 1.08. The van der Waals surface area contributed by atoms with Crippen LogP contribution in [0.1, 0.15) is 52.9 Å². The summed E-state index contributed by atoms with van der Waals surface area (Å²) in [7, 11) is 0. The Morgan fingerprint density at radius 2 is 1.00 bits per heavy atom. The normalized spacial score (nSPS) is 7.07. The molecule has 0 radical (unpaired) electrons. The number of allylic oxidation sites excluding steroid dienone is 3. The minimum absolute atomic E-state index is 1.08. The fourth-order valence-corrected chi connectivity index (χ4v) is 0.408. The van der Waals surface area contributed by atoms with Gasteiger partial charge in [-0.2, -0.15) is 0 Å². The van der Waals surface area contributed by atoms with E-state index in [1.807, 2.05) is 18.2 Å². The summed E-state index contributed by atoms with van der Waals surface area (Å²) >= 11 is 0. The van der Waals surface area contributed by atoms with Crippen molar-refractivity contribution in [3.63, 3.8) is 0 Å². The van der Waals surface area contributed by atoms with Crippen molar-refractivity contribution in [3.8, 4) is 0 Å². The van der Waals surface area contributed by atoms with Crippen molar-refractivity contribution in [1.82, 2.24) is 0 Å². The second kappa shape index (κ2) is 29.5. The Labute approximate surface area is 91.4 Å². The first-order valence-electron chi connectivity index (χ1n) is 5.57. The van der Waals surface area contributed by atoms with E-state index in [1.165, 1.54) is 12.8 Å². The molecule has 0 aromatic rings. The molecule has 0 aliphatic rings. The highest BCUT2D eigenvalue weighted by molar-refractivity contribution is 4.63. The van der Waals surface area contributed by atoms with Crippen molar-refractivity contribution in [2.75, 3.05) is 0 Å². The molecule has 84 valence electrons. The zero-order valence-electron chi connectivity index (χ0n) is 10.4. The van der Waals surface area contributed by atoms with Crippen LogP contribution < -0.4 is 0 Å². The Kier molecular flexibility index (Phi) is 39.8. The van der Waals surface area contributed by atoms with Crippen LogP contribution in [0.2, 0.25) is 0 Å². The number of hydrogen-bond donors (Lipinski definition) is 0. The Hall–Kier alpha value is -0.780. The van der Waals surface area contributed by atoms with Gasteiger partial charge in [-0.3, -0.25) is 0 Å². The largest absolute Gasteiger partial charge is 0.103 e. The first-order valence-corrected chi connectivity index (χ1v) is 5.57. The van der Waals surface area contributed by atoms with Gasteiger partial charge in [-0.1, -0.05) is 51.8 Å². The number of hydrogen-bond acceptors (Lipinski definition) is 0. The zero-order valence-corrected chi connectivity index (χ0v) is 10.4. The quantitative estimate of drug-likeness (QED) is 0.507. The fourth-order valence-electron chi connectivity index (χ4n) is 0.408. The van der Waals surface area contributed by atoms with Gasteiger partial charge in [-0.05, 0) is 19.3 Å². The summed E-state index contributed by atoms with van der Waals surface area (Å²) in [6.45, 7) is 16.9. The van der Waals surface area contributed by atoms with Crippen LogP contribution in [0.25, 0.3) is 0 Å². The van der Waals surface area contributed by atoms with Crippen molar-refractivity contribution in [3.05, 3.63) is 38.0 Å². The molecule has 0 aliphatic carbocycles. The van der Waals surface area contributed by atoms with E-state index in [2.05, 4.69) is 40.5 Å². The minimum Gasteiger partial charge on any atom is -0.103 e. The molecule has 0 aromatic heterocycles. The first kappa shape index (κ1) is 18.9. The van der Waals surface area contributed by atoms with Crippen LogP contribution in [0.4, 0.5) is 0 Å². The van der Waals surface area contributed by atoms with Gasteiger partial charge < -0.3 is 0 Å². The summed E-state index contributed by atoms with van der Waals surface area (Å²) in [6, 6.07) is 0. The number of rotatable bonds is 5. The van der Waals surface area contributed by atoms with Gasteiger partial charge in [-0.25, -0.2) is 0 Å². The highest BCUT2D eigenvalue weighted by Gasteiger charge is 1.62. The van der Waals surface area contributed by atoms with Gasteiger partial charge in [0.15, 0.2) is 0 Å². The summed E-state index contributed by atoms with van der Waals surface area (Å²) < 4.78 is 0. The molecule has 0 nitrogen and oxygen atoms in total. The van der Waals surface area contributed by atoms with Crippen LogP contribution >= 0.6 is 0 Å². The van der Waals surface area contributed by atoms with Crippen molar-refractivity contribution in [2.45, 2.75) is 52.9 Å². The smallest absolute Gasteiger partial charge is 0.0356 e. The molecule has 0 saturated carbocycles. The summed E-state index contributed by atoms with van der Waals surface area (Å²) in [4.78, 5) is 0. The Balaban J connectivity index is -0.000000131. The molecular weight excluding hydrogens is 168 g/mol. The lowest BCUT2D eigenvalue weighted by Crippen LogP contribution is -1.52. The molecule has 0 spiro atoms. The van der Waals surface area contributed by atoms with Gasteiger partial charge >= 0.3 is 0 Å². The summed E-state index contributed by atoms with van der Waals surface area (Å²) in [5.41, 5.74) is 0. The van der Waals surface area contributed by atoms with Crippen molar-refractivity contribution < 1.29 is 0 Å². The summed E-state index contributed by atoms with van der Waals surface area (Å²) in [5, 5.41) is 0. The molecule has 0 unspecified atom stereocenters. The average molecular weight is 196 g/mol.